The maximum atomic E-state index is 2.14. The molecule has 0 aliphatic heterocycles. The van der Waals surface area contributed by atoms with Gasteiger partial charge in [0.2, 0.25) is 0 Å². The molecule has 0 atom stereocenters. The standard InChI is InChI=1S/C10H10NS/c1-11-6-4-9(5-7-11)10-3-2-8-12-10/h2-8H,1H3/q+1. The van der Waals surface area contributed by atoms with Crippen molar-refractivity contribution in [2.24, 2.45) is 7.05 Å². The van der Waals surface area contributed by atoms with Crippen LogP contribution in [0, 0.1) is 0 Å². The van der Waals surface area contributed by atoms with Crippen LogP contribution < -0.4 is 4.57 Å². The van der Waals surface area contributed by atoms with Gasteiger partial charge in [0, 0.05) is 22.6 Å². The first-order valence-electron chi connectivity index (χ1n) is 3.85. The molecule has 2 heteroatoms. The molecule has 0 aliphatic carbocycles. The predicted octanol–water partition coefficient (Wildman–Crippen LogP) is 2.24. The zero-order valence-corrected chi connectivity index (χ0v) is 7.71. The highest BCUT2D eigenvalue weighted by Crippen LogP contribution is 2.22. The van der Waals surface area contributed by atoms with Crippen molar-refractivity contribution in [2.45, 2.75) is 0 Å². The summed E-state index contributed by atoms with van der Waals surface area (Å²) in [6.07, 6.45) is 4.13. The van der Waals surface area contributed by atoms with Crippen LogP contribution in [0.15, 0.2) is 42.0 Å². The normalized spacial score (nSPS) is 10.1. The third-order valence-electron chi connectivity index (χ3n) is 1.78. The van der Waals surface area contributed by atoms with Crippen LogP contribution in [0.2, 0.25) is 0 Å². The van der Waals surface area contributed by atoms with Crippen molar-refractivity contribution in [2.75, 3.05) is 0 Å². The van der Waals surface area contributed by atoms with E-state index < -0.39 is 0 Å². The Hall–Kier alpha value is -1.15. The van der Waals surface area contributed by atoms with Gasteiger partial charge in [-0.2, -0.15) is 0 Å². The first-order valence-corrected chi connectivity index (χ1v) is 4.73. The van der Waals surface area contributed by atoms with E-state index in [0.29, 0.717) is 0 Å². The van der Waals surface area contributed by atoms with Gasteiger partial charge in [-0.15, -0.1) is 11.3 Å². The quantitative estimate of drug-likeness (QED) is 0.587. The van der Waals surface area contributed by atoms with E-state index in [2.05, 4.69) is 42.0 Å². The molecule has 0 bridgehead atoms. The van der Waals surface area contributed by atoms with Gasteiger partial charge in [0.1, 0.15) is 7.05 Å². The highest BCUT2D eigenvalue weighted by Gasteiger charge is 1.98. The number of rotatable bonds is 1. The molecule has 2 rings (SSSR count). The number of thiophene rings is 1. The van der Waals surface area contributed by atoms with Crippen molar-refractivity contribution in [3.63, 3.8) is 0 Å². The van der Waals surface area contributed by atoms with Crippen LogP contribution in [0.4, 0.5) is 0 Å². The Balaban J connectivity index is 2.43. The van der Waals surface area contributed by atoms with Gasteiger partial charge in [0.25, 0.3) is 0 Å². The number of nitrogens with zero attached hydrogens (tertiary/aromatic N) is 1. The van der Waals surface area contributed by atoms with Crippen LogP contribution in [0.25, 0.3) is 10.4 Å². The van der Waals surface area contributed by atoms with Gasteiger partial charge in [-0.1, -0.05) is 6.07 Å². The van der Waals surface area contributed by atoms with Gasteiger partial charge in [-0.25, -0.2) is 4.57 Å². The summed E-state index contributed by atoms with van der Waals surface area (Å²) in [5.41, 5.74) is 1.29. The molecule has 2 aromatic rings. The molecule has 2 heterocycles. The predicted molar refractivity (Wildman–Crippen MR) is 50.9 cm³/mol. The second kappa shape index (κ2) is 3.07. The van der Waals surface area contributed by atoms with Crippen LogP contribution >= 0.6 is 11.3 Å². The summed E-state index contributed by atoms with van der Waals surface area (Å²) in [5.74, 6) is 0. The largest absolute Gasteiger partial charge is 0.208 e. The molecule has 12 heavy (non-hydrogen) atoms. The lowest BCUT2D eigenvalue weighted by atomic mass is 10.2. The molecule has 0 unspecified atom stereocenters. The maximum Gasteiger partial charge on any atom is 0.169 e. The Morgan fingerprint density at radius 3 is 2.50 bits per heavy atom. The molecule has 2 aromatic heterocycles. The van der Waals surface area contributed by atoms with E-state index >= 15 is 0 Å². The van der Waals surface area contributed by atoms with Gasteiger partial charge < -0.3 is 0 Å². The van der Waals surface area contributed by atoms with Crippen LogP contribution in [-0.2, 0) is 7.05 Å². The molecule has 0 aliphatic rings. The van der Waals surface area contributed by atoms with Crippen LogP contribution in [0.5, 0.6) is 0 Å². The van der Waals surface area contributed by atoms with Gasteiger partial charge in [0.15, 0.2) is 12.4 Å². The Kier molecular flexibility index (Phi) is 1.92. The van der Waals surface area contributed by atoms with Crippen LogP contribution in [0.3, 0.4) is 0 Å². The van der Waals surface area contributed by atoms with Gasteiger partial charge in [0.05, 0.1) is 0 Å². The van der Waals surface area contributed by atoms with E-state index in [9.17, 15) is 0 Å². The minimum absolute atomic E-state index is 1.29. The summed E-state index contributed by atoms with van der Waals surface area (Å²) in [6, 6.07) is 8.48. The first-order chi connectivity index (χ1) is 5.86. The lowest BCUT2D eigenvalue weighted by Gasteiger charge is -1.93. The van der Waals surface area contributed by atoms with E-state index in [-0.39, 0.29) is 0 Å². The Bertz CT molecular complexity index is 348. The summed E-state index contributed by atoms with van der Waals surface area (Å²) >= 11 is 1.77. The van der Waals surface area contributed by atoms with Crippen LogP contribution in [0.1, 0.15) is 0 Å². The molecule has 60 valence electrons. The molecule has 0 N–H and O–H groups in total. The van der Waals surface area contributed by atoms with E-state index in [1.54, 1.807) is 11.3 Å². The van der Waals surface area contributed by atoms with Gasteiger partial charge in [-0.3, -0.25) is 0 Å². The molecule has 0 saturated heterocycles. The molecular formula is C10H10NS+. The third kappa shape index (κ3) is 1.38. The van der Waals surface area contributed by atoms with Crippen molar-refractivity contribution < 1.29 is 4.57 Å². The van der Waals surface area contributed by atoms with Crippen molar-refractivity contribution in [1.29, 1.82) is 0 Å². The minimum Gasteiger partial charge on any atom is -0.208 e. The fourth-order valence-electron chi connectivity index (χ4n) is 1.11. The molecule has 0 spiro atoms. The Morgan fingerprint density at radius 1 is 1.17 bits per heavy atom. The summed E-state index contributed by atoms with van der Waals surface area (Å²) in [7, 11) is 2.03. The fraction of sp³-hybridized carbons (Fsp3) is 0.100. The number of hydrogen-bond donors (Lipinski definition) is 0. The molecule has 0 radical (unpaired) electrons. The Labute approximate surface area is 75.9 Å². The van der Waals surface area contributed by atoms with Crippen molar-refractivity contribution in [3.8, 4) is 10.4 Å². The van der Waals surface area contributed by atoms with Crippen molar-refractivity contribution >= 4 is 11.3 Å². The molecule has 0 saturated carbocycles. The van der Waals surface area contributed by atoms with Gasteiger partial charge >= 0.3 is 0 Å². The zero-order chi connectivity index (χ0) is 8.39. The molecular weight excluding hydrogens is 166 g/mol. The second-order valence-electron chi connectivity index (χ2n) is 2.73. The smallest absolute Gasteiger partial charge is 0.169 e. The van der Waals surface area contributed by atoms with E-state index in [1.807, 2.05) is 11.6 Å². The summed E-state index contributed by atoms with van der Waals surface area (Å²) < 4.78 is 2.04. The highest BCUT2D eigenvalue weighted by molar-refractivity contribution is 7.13. The van der Waals surface area contributed by atoms with E-state index in [0.717, 1.165) is 0 Å². The summed E-state index contributed by atoms with van der Waals surface area (Å²) in [4.78, 5) is 1.33. The first kappa shape index (κ1) is 7.50. The molecule has 1 nitrogen and oxygen atoms in total. The number of aryl methyl sites for hydroxylation is 1. The third-order valence-corrected chi connectivity index (χ3v) is 2.70. The van der Waals surface area contributed by atoms with E-state index in [4.69, 9.17) is 0 Å². The maximum absolute atomic E-state index is 2.14. The van der Waals surface area contributed by atoms with Gasteiger partial charge in [-0.05, 0) is 11.4 Å². The lowest BCUT2D eigenvalue weighted by molar-refractivity contribution is -0.671. The number of hydrogen-bond acceptors (Lipinski definition) is 1. The van der Waals surface area contributed by atoms with Crippen LogP contribution in [-0.4, -0.2) is 0 Å². The number of aromatic nitrogens is 1. The molecule has 0 fully saturated rings. The topological polar surface area (TPSA) is 3.88 Å². The zero-order valence-electron chi connectivity index (χ0n) is 6.90. The Morgan fingerprint density at radius 2 is 1.92 bits per heavy atom. The molecule has 0 amide bonds. The van der Waals surface area contributed by atoms with Crippen molar-refractivity contribution in [3.05, 3.63) is 42.0 Å². The monoisotopic (exact) mass is 176 g/mol. The fourth-order valence-corrected chi connectivity index (χ4v) is 1.84. The van der Waals surface area contributed by atoms with Crippen molar-refractivity contribution in [1.82, 2.24) is 0 Å². The second-order valence-corrected chi connectivity index (χ2v) is 3.68. The summed E-state index contributed by atoms with van der Waals surface area (Å²) in [5, 5.41) is 2.10. The van der Waals surface area contributed by atoms with E-state index in [1.165, 1.54) is 10.4 Å². The average Bonchev–Trinajstić information content (AvgIpc) is 2.58. The average molecular weight is 176 g/mol. The molecule has 0 aromatic carbocycles. The minimum atomic E-state index is 1.29. The SMILES string of the molecule is C[n+]1ccc(-c2cccs2)cc1. The summed E-state index contributed by atoms with van der Waals surface area (Å²) in [6.45, 7) is 0. The lowest BCUT2D eigenvalue weighted by Crippen LogP contribution is -2.25. The highest BCUT2D eigenvalue weighted by atomic mass is 32.1. The number of pyridine rings is 1.